The lowest BCUT2D eigenvalue weighted by molar-refractivity contribution is 0.260. The molecule has 2 N–H and O–H groups in total. The Morgan fingerprint density at radius 3 is 3.04 bits per heavy atom. The molecular weight excluding hydrogens is 310 g/mol. The number of ether oxygens (including phenoxy) is 1. The lowest BCUT2D eigenvalue weighted by Crippen LogP contribution is -2.30. The van der Waals surface area contributed by atoms with Gasteiger partial charge in [0.05, 0.1) is 31.1 Å². The molecule has 0 aromatic carbocycles. The fraction of sp³-hybridized carbons (Fsp3) is 0.438. The number of hydrogen-bond donors (Lipinski definition) is 1. The molecule has 2 aromatic rings. The first kappa shape index (κ1) is 15.6. The van der Waals surface area contributed by atoms with Gasteiger partial charge < -0.3 is 15.4 Å². The number of thiophene rings is 1. The van der Waals surface area contributed by atoms with Gasteiger partial charge in [-0.15, -0.1) is 11.3 Å². The third-order valence-electron chi connectivity index (χ3n) is 3.68. The minimum absolute atomic E-state index is 0.441. The molecule has 2 aromatic heterocycles. The van der Waals surface area contributed by atoms with E-state index < -0.39 is 0 Å². The zero-order chi connectivity index (χ0) is 16.4. The average molecular weight is 329 g/mol. The quantitative estimate of drug-likeness (QED) is 0.927. The van der Waals surface area contributed by atoms with Gasteiger partial charge in [0.2, 0.25) is 5.88 Å². The van der Waals surface area contributed by atoms with Gasteiger partial charge in [0, 0.05) is 11.4 Å². The molecule has 1 aliphatic rings. The zero-order valence-electron chi connectivity index (χ0n) is 13.2. The highest BCUT2D eigenvalue weighted by molar-refractivity contribution is 7.16. The number of nitrogens with zero attached hydrogens (tertiary/aromatic N) is 4. The summed E-state index contributed by atoms with van der Waals surface area (Å²) in [5.41, 5.74) is 7.67. The van der Waals surface area contributed by atoms with E-state index >= 15 is 0 Å². The summed E-state index contributed by atoms with van der Waals surface area (Å²) in [7, 11) is 0. The van der Waals surface area contributed by atoms with Crippen LogP contribution < -0.4 is 15.4 Å². The Morgan fingerprint density at radius 2 is 2.30 bits per heavy atom. The lowest BCUT2D eigenvalue weighted by Gasteiger charge is -2.27. The van der Waals surface area contributed by atoms with Crippen molar-refractivity contribution in [3.8, 4) is 11.9 Å². The van der Waals surface area contributed by atoms with Gasteiger partial charge in [0.25, 0.3) is 0 Å². The summed E-state index contributed by atoms with van der Waals surface area (Å²) in [4.78, 5) is 12.1. The standard InChI is InChI=1S/C16H19N5OS/c1-10(2)9-22-15-7-19-6-14(20-15)21-4-3-11-12(5-17)16(18)23-13(11)8-21/h6-7,10H,3-4,8-9,18H2,1-2H3. The van der Waals surface area contributed by atoms with Crippen LogP contribution in [-0.4, -0.2) is 23.1 Å². The van der Waals surface area contributed by atoms with E-state index in [0.717, 1.165) is 29.2 Å². The van der Waals surface area contributed by atoms with Crippen molar-refractivity contribution in [2.45, 2.75) is 26.8 Å². The highest BCUT2D eigenvalue weighted by atomic mass is 32.1. The number of fused-ring (bicyclic) bond motifs is 1. The molecule has 0 aliphatic carbocycles. The SMILES string of the molecule is CC(C)COc1cncc(N2CCc3c(sc(N)c3C#N)C2)n1. The number of nitriles is 1. The normalized spacial score (nSPS) is 13.7. The number of rotatable bonds is 4. The van der Waals surface area contributed by atoms with E-state index in [1.807, 2.05) is 0 Å². The summed E-state index contributed by atoms with van der Waals surface area (Å²) in [6.07, 6.45) is 4.18. The molecule has 23 heavy (non-hydrogen) atoms. The van der Waals surface area contributed by atoms with Crippen molar-refractivity contribution in [1.29, 1.82) is 5.26 Å². The van der Waals surface area contributed by atoms with Crippen molar-refractivity contribution in [1.82, 2.24) is 9.97 Å². The molecule has 3 heterocycles. The Bertz CT molecular complexity index is 749. The van der Waals surface area contributed by atoms with Crippen molar-refractivity contribution < 1.29 is 4.74 Å². The van der Waals surface area contributed by atoms with Crippen molar-refractivity contribution in [2.75, 3.05) is 23.8 Å². The molecule has 6 nitrogen and oxygen atoms in total. The fourth-order valence-corrected chi connectivity index (χ4v) is 3.64. The van der Waals surface area contributed by atoms with Crippen LogP contribution in [-0.2, 0) is 13.0 Å². The predicted molar refractivity (Wildman–Crippen MR) is 90.6 cm³/mol. The van der Waals surface area contributed by atoms with Crippen molar-refractivity contribution >= 4 is 22.2 Å². The summed E-state index contributed by atoms with van der Waals surface area (Å²) in [5, 5.41) is 9.82. The predicted octanol–water partition coefficient (Wildman–Crippen LogP) is 2.59. The first-order valence-electron chi connectivity index (χ1n) is 7.58. The molecule has 1 aliphatic heterocycles. The summed E-state index contributed by atoms with van der Waals surface area (Å²) in [6.45, 7) is 6.30. The summed E-state index contributed by atoms with van der Waals surface area (Å²) >= 11 is 1.49. The Balaban J connectivity index is 1.78. The molecule has 0 atom stereocenters. The van der Waals surface area contributed by atoms with Gasteiger partial charge in [-0.25, -0.2) is 0 Å². The van der Waals surface area contributed by atoms with E-state index in [-0.39, 0.29) is 0 Å². The second-order valence-electron chi connectivity index (χ2n) is 5.95. The second-order valence-corrected chi connectivity index (χ2v) is 7.08. The maximum absolute atomic E-state index is 9.21. The minimum Gasteiger partial charge on any atom is -0.476 e. The van der Waals surface area contributed by atoms with E-state index in [1.54, 1.807) is 12.4 Å². The number of hydrogen-bond acceptors (Lipinski definition) is 7. The van der Waals surface area contributed by atoms with Crippen LogP contribution in [0.1, 0.15) is 29.9 Å². The largest absolute Gasteiger partial charge is 0.476 e. The molecular formula is C16H19N5OS. The second kappa shape index (κ2) is 6.42. The highest BCUT2D eigenvalue weighted by Gasteiger charge is 2.24. The van der Waals surface area contributed by atoms with Gasteiger partial charge in [-0.05, 0) is 17.9 Å². The van der Waals surface area contributed by atoms with E-state index in [2.05, 4.69) is 34.8 Å². The number of anilines is 2. The molecule has 0 spiro atoms. The molecule has 120 valence electrons. The van der Waals surface area contributed by atoms with Gasteiger partial charge >= 0.3 is 0 Å². The number of aromatic nitrogens is 2. The van der Waals surface area contributed by atoms with Crippen LogP contribution in [0.15, 0.2) is 12.4 Å². The Kier molecular flexibility index (Phi) is 4.35. The van der Waals surface area contributed by atoms with Gasteiger partial charge in [-0.3, -0.25) is 4.98 Å². The van der Waals surface area contributed by atoms with E-state index in [9.17, 15) is 5.26 Å². The van der Waals surface area contributed by atoms with Crippen LogP contribution in [0.4, 0.5) is 10.8 Å². The molecule has 3 rings (SSSR count). The fourth-order valence-electron chi connectivity index (χ4n) is 2.56. The summed E-state index contributed by atoms with van der Waals surface area (Å²) in [6, 6.07) is 2.21. The average Bonchev–Trinajstić information content (AvgIpc) is 2.87. The third-order valence-corrected chi connectivity index (χ3v) is 4.73. The zero-order valence-corrected chi connectivity index (χ0v) is 14.1. The molecule has 0 radical (unpaired) electrons. The Hall–Kier alpha value is -2.33. The van der Waals surface area contributed by atoms with Crippen LogP contribution in [0.3, 0.4) is 0 Å². The van der Waals surface area contributed by atoms with Crippen LogP contribution in [0, 0.1) is 17.2 Å². The highest BCUT2D eigenvalue weighted by Crippen LogP contribution is 2.35. The molecule has 0 unspecified atom stereocenters. The van der Waals surface area contributed by atoms with Crippen LogP contribution in [0.2, 0.25) is 0 Å². The van der Waals surface area contributed by atoms with Crippen LogP contribution >= 0.6 is 11.3 Å². The van der Waals surface area contributed by atoms with Crippen molar-refractivity contribution in [2.24, 2.45) is 5.92 Å². The van der Waals surface area contributed by atoms with E-state index in [4.69, 9.17) is 10.5 Å². The maximum atomic E-state index is 9.21. The number of nitrogens with two attached hydrogens (primary N) is 1. The minimum atomic E-state index is 0.441. The number of nitrogen functional groups attached to an aromatic ring is 1. The van der Waals surface area contributed by atoms with E-state index in [1.165, 1.54) is 11.3 Å². The Morgan fingerprint density at radius 1 is 1.48 bits per heavy atom. The smallest absolute Gasteiger partial charge is 0.234 e. The molecule has 7 heteroatoms. The van der Waals surface area contributed by atoms with Crippen molar-refractivity contribution in [3.05, 3.63) is 28.4 Å². The van der Waals surface area contributed by atoms with Gasteiger partial charge in [-0.2, -0.15) is 10.2 Å². The summed E-state index contributed by atoms with van der Waals surface area (Å²) in [5.74, 6) is 1.78. The molecule has 0 amide bonds. The first-order valence-corrected chi connectivity index (χ1v) is 8.40. The monoisotopic (exact) mass is 329 g/mol. The maximum Gasteiger partial charge on any atom is 0.234 e. The van der Waals surface area contributed by atoms with Crippen LogP contribution in [0.25, 0.3) is 0 Å². The molecule has 0 fully saturated rings. The van der Waals surface area contributed by atoms with Gasteiger partial charge in [0.1, 0.15) is 11.1 Å². The third kappa shape index (κ3) is 3.22. The Labute approximate surface area is 139 Å². The van der Waals surface area contributed by atoms with Crippen molar-refractivity contribution in [3.63, 3.8) is 0 Å². The molecule has 0 saturated carbocycles. The molecule has 0 saturated heterocycles. The topological polar surface area (TPSA) is 88.1 Å². The summed E-state index contributed by atoms with van der Waals surface area (Å²) < 4.78 is 5.65. The van der Waals surface area contributed by atoms with E-state index in [0.29, 0.717) is 35.5 Å². The van der Waals surface area contributed by atoms with Gasteiger partial charge in [0.15, 0.2) is 5.82 Å². The van der Waals surface area contributed by atoms with Crippen LogP contribution in [0.5, 0.6) is 5.88 Å². The molecule has 0 bridgehead atoms. The first-order chi connectivity index (χ1) is 11.1. The van der Waals surface area contributed by atoms with Gasteiger partial charge in [-0.1, -0.05) is 13.8 Å². The lowest BCUT2D eigenvalue weighted by atomic mass is 10.0.